The van der Waals surface area contributed by atoms with Crippen molar-refractivity contribution in [3.8, 4) is 0 Å². The maximum Gasteiger partial charge on any atom is 0.259 e. The molecule has 0 saturated heterocycles. The first-order valence-electron chi connectivity index (χ1n) is 5.97. The van der Waals surface area contributed by atoms with E-state index in [1.54, 1.807) is 6.07 Å². The maximum absolute atomic E-state index is 13.3. The molecular weight excluding hydrogens is 302 g/mol. The number of hydrogen-bond donors (Lipinski definition) is 0. The predicted octanol–water partition coefficient (Wildman–Crippen LogP) is 3.73. The number of aromatic nitrogens is 1. The van der Waals surface area contributed by atoms with Gasteiger partial charge < -0.3 is 4.90 Å². The fourth-order valence-corrected chi connectivity index (χ4v) is 2.63. The number of hydrogen-bond acceptors (Lipinski definition) is 2. The van der Waals surface area contributed by atoms with Crippen LogP contribution in [0.3, 0.4) is 0 Å². The van der Waals surface area contributed by atoms with Crippen molar-refractivity contribution < 1.29 is 9.18 Å². The van der Waals surface area contributed by atoms with E-state index in [9.17, 15) is 9.18 Å². The number of fused-ring (bicyclic) bond motifs is 1. The minimum Gasteiger partial charge on any atom is -0.308 e. The van der Waals surface area contributed by atoms with Crippen molar-refractivity contribution in [3.63, 3.8) is 0 Å². The van der Waals surface area contributed by atoms with Gasteiger partial charge >= 0.3 is 0 Å². The molecule has 0 saturated carbocycles. The highest BCUT2D eigenvalue weighted by atomic mass is 35.5. The standard InChI is InChI=1S/C14H9Cl2FN2O/c15-11-7-18-13(16)6-10(11)14(20)19-4-3-8-1-2-9(17)5-12(8)19/h1-2,5-7H,3-4H2. The fourth-order valence-electron chi connectivity index (χ4n) is 2.29. The lowest BCUT2D eigenvalue weighted by Crippen LogP contribution is -2.29. The largest absolute Gasteiger partial charge is 0.308 e. The predicted molar refractivity (Wildman–Crippen MR) is 76.0 cm³/mol. The number of pyridine rings is 1. The van der Waals surface area contributed by atoms with Crippen LogP contribution in [-0.2, 0) is 6.42 Å². The molecule has 6 heteroatoms. The molecule has 0 N–H and O–H groups in total. The van der Waals surface area contributed by atoms with Crippen LogP contribution in [0.2, 0.25) is 10.2 Å². The number of amides is 1. The van der Waals surface area contributed by atoms with Gasteiger partial charge in [-0.15, -0.1) is 0 Å². The first kappa shape index (κ1) is 13.3. The van der Waals surface area contributed by atoms with E-state index < -0.39 is 0 Å². The highest BCUT2D eigenvalue weighted by Gasteiger charge is 2.27. The van der Waals surface area contributed by atoms with Crippen LogP contribution in [0.1, 0.15) is 15.9 Å². The summed E-state index contributed by atoms with van der Waals surface area (Å²) in [5.74, 6) is -0.675. The molecule has 102 valence electrons. The van der Waals surface area contributed by atoms with Crippen LogP contribution in [0.5, 0.6) is 0 Å². The van der Waals surface area contributed by atoms with Crippen LogP contribution in [0.4, 0.5) is 10.1 Å². The van der Waals surface area contributed by atoms with Gasteiger partial charge in [0, 0.05) is 12.7 Å². The Morgan fingerprint density at radius 1 is 1.30 bits per heavy atom. The van der Waals surface area contributed by atoms with Gasteiger partial charge in [0.1, 0.15) is 11.0 Å². The second kappa shape index (κ2) is 5.04. The zero-order valence-electron chi connectivity index (χ0n) is 10.2. The van der Waals surface area contributed by atoms with Crippen molar-refractivity contribution in [2.24, 2.45) is 0 Å². The van der Waals surface area contributed by atoms with Gasteiger partial charge in [-0.1, -0.05) is 29.3 Å². The van der Waals surface area contributed by atoms with Gasteiger partial charge in [0.05, 0.1) is 16.3 Å². The van der Waals surface area contributed by atoms with Crippen LogP contribution < -0.4 is 4.90 Å². The van der Waals surface area contributed by atoms with Crippen LogP contribution in [0.15, 0.2) is 30.5 Å². The molecule has 3 rings (SSSR count). The third-order valence-corrected chi connectivity index (χ3v) is 3.75. The Hall–Kier alpha value is -1.65. The summed E-state index contributed by atoms with van der Waals surface area (Å²) in [6.07, 6.45) is 2.03. The molecule has 2 heterocycles. The molecule has 0 spiro atoms. The molecule has 1 aliphatic heterocycles. The third kappa shape index (κ3) is 2.25. The first-order chi connectivity index (χ1) is 9.56. The number of rotatable bonds is 1. The van der Waals surface area contributed by atoms with Gasteiger partial charge in [-0.25, -0.2) is 9.37 Å². The third-order valence-electron chi connectivity index (χ3n) is 3.24. The molecule has 0 fully saturated rings. The molecule has 0 atom stereocenters. The molecule has 0 unspecified atom stereocenters. The van der Waals surface area contributed by atoms with Crippen LogP contribution in [0.25, 0.3) is 0 Å². The lowest BCUT2D eigenvalue weighted by Gasteiger charge is -2.18. The summed E-state index contributed by atoms with van der Waals surface area (Å²) < 4.78 is 13.3. The van der Waals surface area contributed by atoms with Gasteiger partial charge in [-0.3, -0.25) is 4.79 Å². The van der Waals surface area contributed by atoms with Gasteiger partial charge in [0.15, 0.2) is 0 Å². The van der Waals surface area contributed by atoms with Crippen molar-refractivity contribution in [2.45, 2.75) is 6.42 Å². The highest BCUT2D eigenvalue weighted by molar-refractivity contribution is 6.35. The summed E-state index contributed by atoms with van der Waals surface area (Å²) in [6, 6.07) is 5.86. The average molecular weight is 311 g/mol. The maximum atomic E-state index is 13.3. The second-order valence-electron chi connectivity index (χ2n) is 4.47. The molecular formula is C14H9Cl2FN2O. The molecule has 2 aromatic rings. The number of anilines is 1. The molecule has 0 bridgehead atoms. The zero-order chi connectivity index (χ0) is 14.3. The van der Waals surface area contributed by atoms with E-state index in [0.29, 0.717) is 18.7 Å². The average Bonchev–Trinajstić information content (AvgIpc) is 2.83. The Bertz CT molecular complexity index is 706. The van der Waals surface area contributed by atoms with Gasteiger partial charge in [-0.05, 0) is 30.2 Å². The molecule has 3 nitrogen and oxygen atoms in total. The summed E-state index contributed by atoms with van der Waals surface area (Å²) in [5.41, 5.74) is 1.79. The molecule has 1 aromatic carbocycles. The quantitative estimate of drug-likeness (QED) is 0.752. The first-order valence-corrected chi connectivity index (χ1v) is 6.73. The summed E-state index contributed by atoms with van der Waals surface area (Å²) in [4.78, 5) is 17.8. The zero-order valence-corrected chi connectivity index (χ0v) is 11.7. The number of benzene rings is 1. The molecule has 1 aliphatic rings. The topological polar surface area (TPSA) is 33.2 Å². The molecule has 1 amide bonds. The van der Waals surface area contributed by atoms with Crippen molar-refractivity contribution in [3.05, 3.63) is 57.6 Å². The van der Waals surface area contributed by atoms with E-state index in [4.69, 9.17) is 23.2 Å². The summed E-state index contributed by atoms with van der Waals surface area (Å²) >= 11 is 11.8. The molecule has 1 aromatic heterocycles. The van der Waals surface area contributed by atoms with E-state index >= 15 is 0 Å². The normalized spacial score (nSPS) is 13.4. The lowest BCUT2D eigenvalue weighted by atomic mass is 10.1. The smallest absolute Gasteiger partial charge is 0.259 e. The van der Waals surface area contributed by atoms with Crippen LogP contribution in [0, 0.1) is 5.82 Å². The van der Waals surface area contributed by atoms with Crippen molar-refractivity contribution >= 4 is 34.8 Å². The van der Waals surface area contributed by atoms with E-state index in [1.165, 1.54) is 29.3 Å². The van der Waals surface area contributed by atoms with Crippen molar-refractivity contribution in [1.82, 2.24) is 4.98 Å². The van der Waals surface area contributed by atoms with Gasteiger partial charge in [-0.2, -0.15) is 0 Å². The molecule has 0 radical (unpaired) electrons. The van der Waals surface area contributed by atoms with E-state index in [1.807, 2.05) is 0 Å². The minimum absolute atomic E-state index is 0.191. The highest BCUT2D eigenvalue weighted by Crippen LogP contribution is 2.31. The van der Waals surface area contributed by atoms with E-state index in [0.717, 1.165) is 5.56 Å². The Kier molecular flexibility index (Phi) is 3.36. The SMILES string of the molecule is O=C(c1cc(Cl)ncc1Cl)N1CCc2ccc(F)cc21. The van der Waals surface area contributed by atoms with Crippen molar-refractivity contribution in [2.75, 3.05) is 11.4 Å². The Labute approximate surface area is 124 Å². The molecule has 20 heavy (non-hydrogen) atoms. The summed E-state index contributed by atoms with van der Waals surface area (Å²) in [7, 11) is 0. The van der Waals surface area contributed by atoms with Crippen LogP contribution in [-0.4, -0.2) is 17.4 Å². The fraction of sp³-hybridized carbons (Fsp3) is 0.143. The Balaban J connectivity index is 2.01. The second-order valence-corrected chi connectivity index (χ2v) is 5.26. The van der Waals surface area contributed by atoms with Crippen LogP contribution >= 0.6 is 23.2 Å². The van der Waals surface area contributed by atoms with Gasteiger partial charge in [0.2, 0.25) is 0 Å². The van der Waals surface area contributed by atoms with E-state index in [2.05, 4.69) is 4.98 Å². The van der Waals surface area contributed by atoms with E-state index in [-0.39, 0.29) is 27.5 Å². The number of nitrogens with zero attached hydrogens (tertiary/aromatic N) is 2. The molecule has 0 aliphatic carbocycles. The monoisotopic (exact) mass is 310 g/mol. The minimum atomic E-state index is -0.373. The number of carbonyl (C=O) groups excluding carboxylic acids is 1. The van der Waals surface area contributed by atoms with Gasteiger partial charge in [0.25, 0.3) is 5.91 Å². The Morgan fingerprint density at radius 3 is 2.90 bits per heavy atom. The summed E-state index contributed by atoms with van der Waals surface area (Å²) in [6.45, 7) is 0.494. The van der Waals surface area contributed by atoms with Crippen molar-refractivity contribution in [1.29, 1.82) is 0 Å². The summed E-state index contributed by atoms with van der Waals surface area (Å²) in [5, 5.41) is 0.417. The number of halogens is 3. The number of carbonyl (C=O) groups is 1. The lowest BCUT2D eigenvalue weighted by molar-refractivity contribution is 0.0989. The Morgan fingerprint density at radius 2 is 2.10 bits per heavy atom.